The summed E-state index contributed by atoms with van der Waals surface area (Å²) in [7, 11) is 0. The van der Waals surface area contributed by atoms with Crippen molar-refractivity contribution in [1.82, 2.24) is 9.55 Å². The van der Waals surface area contributed by atoms with Crippen molar-refractivity contribution in [1.29, 1.82) is 0 Å². The first-order valence-electron chi connectivity index (χ1n) is 7.10. The van der Waals surface area contributed by atoms with Gasteiger partial charge in [0.05, 0.1) is 11.0 Å². The normalized spacial score (nSPS) is 12.2. The van der Waals surface area contributed by atoms with Gasteiger partial charge < -0.3 is 9.55 Å². The molecule has 0 saturated carbocycles. The van der Waals surface area contributed by atoms with Crippen LogP contribution in [0.4, 0.5) is 0 Å². The van der Waals surface area contributed by atoms with Crippen LogP contribution in [0.1, 0.15) is 33.3 Å². The number of aromatic amines is 1. The number of imidazole rings is 1. The van der Waals surface area contributed by atoms with E-state index < -0.39 is 0 Å². The average molecular weight is 276 g/mol. The standard InChI is InChI=1S/C16H24N2S/c1-10(2)13(11(3)4)9-18-15-12(5)7-6-8-14(15)17-16(18)19/h6-8,10-11,13H,9H2,1-5H3,(H,17,19). The van der Waals surface area contributed by atoms with Crippen molar-refractivity contribution in [2.75, 3.05) is 0 Å². The number of para-hydroxylation sites is 1. The predicted molar refractivity (Wildman–Crippen MR) is 85.0 cm³/mol. The second kappa shape index (κ2) is 5.49. The van der Waals surface area contributed by atoms with Crippen LogP contribution < -0.4 is 0 Å². The van der Waals surface area contributed by atoms with Crippen LogP contribution >= 0.6 is 12.2 Å². The Labute approximate surface area is 120 Å². The molecule has 0 radical (unpaired) electrons. The minimum Gasteiger partial charge on any atom is -0.331 e. The van der Waals surface area contributed by atoms with Crippen molar-refractivity contribution in [2.24, 2.45) is 17.8 Å². The molecule has 0 atom stereocenters. The van der Waals surface area contributed by atoms with Crippen molar-refractivity contribution < 1.29 is 0 Å². The third-order valence-electron chi connectivity index (χ3n) is 4.10. The van der Waals surface area contributed by atoms with Crippen molar-refractivity contribution in [3.8, 4) is 0 Å². The first-order chi connectivity index (χ1) is 8.91. The van der Waals surface area contributed by atoms with E-state index in [0.29, 0.717) is 17.8 Å². The number of rotatable bonds is 4. The van der Waals surface area contributed by atoms with Crippen molar-refractivity contribution in [3.05, 3.63) is 28.5 Å². The molecule has 0 unspecified atom stereocenters. The Morgan fingerprint density at radius 3 is 2.37 bits per heavy atom. The number of nitrogens with one attached hydrogen (secondary N) is 1. The number of hydrogen-bond donors (Lipinski definition) is 1. The molecule has 1 aromatic carbocycles. The van der Waals surface area contributed by atoms with E-state index in [1.807, 2.05) is 0 Å². The lowest BCUT2D eigenvalue weighted by atomic mass is 9.85. The van der Waals surface area contributed by atoms with Gasteiger partial charge in [-0.05, 0) is 48.5 Å². The first-order valence-corrected chi connectivity index (χ1v) is 7.50. The van der Waals surface area contributed by atoms with E-state index in [1.54, 1.807) is 0 Å². The highest BCUT2D eigenvalue weighted by molar-refractivity contribution is 7.71. The van der Waals surface area contributed by atoms with E-state index in [9.17, 15) is 0 Å². The summed E-state index contributed by atoms with van der Waals surface area (Å²) in [6, 6.07) is 6.34. The van der Waals surface area contributed by atoms with Crippen LogP contribution in [0.15, 0.2) is 18.2 Å². The zero-order valence-electron chi connectivity index (χ0n) is 12.5. The SMILES string of the molecule is Cc1cccc2[nH]c(=S)n(CC(C(C)C)C(C)C)c12. The first kappa shape index (κ1) is 14.3. The molecule has 0 saturated heterocycles. The number of fused-ring (bicyclic) bond motifs is 1. The molecular formula is C16H24N2S. The van der Waals surface area contributed by atoms with E-state index in [1.165, 1.54) is 11.1 Å². The van der Waals surface area contributed by atoms with Gasteiger partial charge in [0.25, 0.3) is 0 Å². The third-order valence-corrected chi connectivity index (χ3v) is 4.42. The maximum atomic E-state index is 5.51. The van der Waals surface area contributed by atoms with Gasteiger partial charge in [0.15, 0.2) is 4.77 Å². The number of aryl methyl sites for hydroxylation is 1. The maximum Gasteiger partial charge on any atom is 0.178 e. The Morgan fingerprint density at radius 2 is 1.79 bits per heavy atom. The van der Waals surface area contributed by atoms with Gasteiger partial charge >= 0.3 is 0 Å². The lowest BCUT2D eigenvalue weighted by Gasteiger charge is -2.25. The average Bonchev–Trinajstić information content (AvgIpc) is 2.62. The van der Waals surface area contributed by atoms with Gasteiger partial charge in [0, 0.05) is 6.54 Å². The van der Waals surface area contributed by atoms with Crippen molar-refractivity contribution >= 4 is 23.3 Å². The molecule has 2 rings (SSSR count). The molecule has 0 bridgehead atoms. The highest BCUT2D eigenvalue weighted by Gasteiger charge is 2.20. The number of hydrogen-bond acceptors (Lipinski definition) is 1. The topological polar surface area (TPSA) is 20.7 Å². The van der Waals surface area contributed by atoms with Gasteiger partial charge in [-0.25, -0.2) is 0 Å². The zero-order valence-corrected chi connectivity index (χ0v) is 13.3. The van der Waals surface area contributed by atoms with E-state index in [-0.39, 0.29) is 0 Å². The lowest BCUT2D eigenvalue weighted by molar-refractivity contribution is 0.253. The molecule has 3 heteroatoms. The fraction of sp³-hybridized carbons (Fsp3) is 0.562. The highest BCUT2D eigenvalue weighted by Crippen LogP contribution is 2.26. The summed E-state index contributed by atoms with van der Waals surface area (Å²) in [5.74, 6) is 1.97. The molecule has 1 heterocycles. The Hall–Kier alpha value is -1.09. The van der Waals surface area contributed by atoms with Gasteiger partial charge in [0.1, 0.15) is 0 Å². The van der Waals surface area contributed by atoms with Gasteiger partial charge in [0.2, 0.25) is 0 Å². The summed E-state index contributed by atoms with van der Waals surface area (Å²) >= 11 is 5.51. The monoisotopic (exact) mass is 276 g/mol. The third kappa shape index (κ3) is 2.76. The molecule has 0 aliphatic heterocycles. The molecule has 1 N–H and O–H groups in total. The predicted octanol–water partition coefficient (Wildman–Crippen LogP) is 4.94. The smallest absolute Gasteiger partial charge is 0.178 e. The van der Waals surface area contributed by atoms with Gasteiger partial charge in [-0.1, -0.05) is 39.8 Å². The van der Waals surface area contributed by atoms with E-state index in [4.69, 9.17) is 12.2 Å². The summed E-state index contributed by atoms with van der Waals surface area (Å²) in [4.78, 5) is 3.33. The lowest BCUT2D eigenvalue weighted by Crippen LogP contribution is -2.22. The molecule has 0 aliphatic rings. The highest BCUT2D eigenvalue weighted by atomic mass is 32.1. The number of H-pyrrole nitrogens is 1. The second-order valence-corrected chi connectivity index (χ2v) is 6.55. The largest absolute Gasteiger partial charge is 0.331 e. The Balaban J connectivity index is 2.51. The minimum absolute atomic E-state index is 0.644. The molecule has 0 spiro atoms. The van der Waals surface area contributed by atoms with Crippen LogP contribution in [0.2, 0.25) is 0 Å². The molecular weight excluding hydrogens is 252 g/mol. The summed E-state index contributed by atoms with van der Waals surface area (Å²) in [5, 5.41) is 0. The quantitative estimate of drug-likeness (QED) is 0.785. The molecule has 0 aliphatic carbocycles. The Morgan fingerprint density at radius 1 is 1.16 bits per heavy atom. The van der Waals surface area contributed by atoms with Crippen LogP contribution in [-0.2, 0) is 6.54 Å². The summed E-state index contributed by atoms with van der Waals surface area (Å²) in [6.07, 6.45) is 0. The van der Waals surface area contributed by atoms with Gasteiger partial charge in [-0.3, -0.25) is 0 Å². The Kier molecular flexibility index (Phi) is 4.14. The molecule has 0 fully saturated rings. The fourth-order valence-corrected chi connectivity index (χ4v) is 3.25. The van der Waals surface area contributed by atoms with Gasteiger partial charge in [-0.2, -0.15) is 0 Å². The van der Waals surface area contributed by atoms with Crippen LogP contribution in [0.5, 0.6) is 0 Å². The number of benzene rings is 1. The molecule has 104 valence electrons. The van der Waals surface area contributed by atoms with E-state index in [0.717, 1.165) is 16.8 Å². The zero-order chi connectivity index (χ0) is 14.2. The summed E-state index contributed by atoms with van der Waals surface area (Å²) in [5.41, 5.74) is 3.70. The van der Waals surface area contributed by atoms with Crippen LogP contribution in [0, 0.1) is 29.4 Å². The van der Waals surface area contributed by atoms with Crippen molar-refractivity contribution in [2.45, 2.75) is 41.2 Å². The summed E-state index contributed by atoms with van der Waals surface area (Å²) < 4.78 is 3.13. The van der Waals surface area contributed by atoms with E-state index in [2.05, 4.69) is 62.4 Å². The van der Waals surface area contributed by atoms with Crippen molar-refractivity contribution in [3.63, 3.8) is 0 Å². The maximum absolute atomic E-state index is 5.51. The van der Waals surface area contributed by atoms with E-state index >= 15 is 0 Å². The minimum atomic E-state index is 0.644. The summed E-state index contributed by atoms with van der Waals surface area (Å²) in [6.45, 7) is 12.4. The number of nitrogens with zero attached hydrogens (tertiary/aromatic N) is 1. The molecule has 1 aromatic heterocycles. The van der Waals surface area contributed by atoms with Gasteiger partial charge in [-0.15, -0.1) is 0 Å². The Bertz CT molecular complexity index is 611. The van der Waals surface area contributed by atoms with Crippen LogP contribution in [-0.4, -0.2) is 9.55 Å². The molecule has 2 nitrogen and oxygen atoms in total. The van der Waals surface area contributed by atoms with Crippen LogP contribution in [0.3, 0.4) is 0 Å². The molecule has 19 heavy (non-hydrogen) atoms. The molecule has 2 aromatic rings. The molecule has 0 amide bonds. The fourth-order valence-electron chi connectivity index (χ4n) is 2.98. The van der Waals surface area contributed by atoms with Crippen LogP contribution in [0.25, 0.3) is 11.0 Å². The number of aromatic nitrogens is 2. The second-order valence-electron chi connectivity index (χ2n) is 6.16.